The molecule has 1 aromatic heterocycles. The monoisotopic (exact) mass is 240 g/mol. The Kier molecular flexibility index (Phi) is 2.00. The van der Waals surface area contributed by atoms with Crippen LogP contribution in [0.2, 0.25) is 0 Å². The zero-order chi connectivity index (χ0) is 9.42. The van der Waals surface area contributed by atoms with Gasteiger partial charge < -0.3 is 9.64 Å². The first-order valence-corrected chi connectivity index (χ1v) is 4.67. The number of nitrogens with zero attached hydrogens (tertiary/aromatic N) is 2. The molecule has 0 aliphatic carbocycles. The average Bonchev–Trinajstić information content (AvgIpc) is 2.12. The topological polar surface area (TPSA) is 25.4 Å². The molecule has 13 heavy (non-hydrogen) atoms. The first kappa shape index (κ1) is 8.56. The number of hydrogen-bond donors (Lipinski definition) is 0. The summed E-state index contributed by atoms with van der Waals surface area (Å²) in [6, 6.07) is 1.91. The van der Waals surface area contributed by atoms with Crippen LogP contribution in [0.5, 0.6) is 5.75 Å². The zero-order valence-electron chi connectivity index (χ0n) is 7.25. The second kappa shape index (κ2) is 3.03. The van der Waals surface area contributed by atoms with Crippen molar-refractivity contribution in [3.8, 4) is 5.75 Å². The molecule has 0 spiro atoms. The Morgan fingerprint density at radius 2 is 2.46 bits per heavy atom. The first-order chi connectivity index (χ1) is 6.18. The van der Waals surface area contributed by atoms with Gasteiger partial charge in [-0.1, -0.05) is 6.58 Å². The fourth-order valence-electron chi connectivity index (χ4n) is 1.18. The minimum Gasteiger partial charge on any atom is -0.483 e. The molecule has 0 saturated heterocycles. The van der Waals surface area contributed by atoms with Crippen molar-refractivity contribution in [1.82, 2.24) is 4.98 Å². The third-order valence-corrected chi connectivity index (χ3v) is 2.42. The van der Waals surface area contributed by atoms with Crippen molar-refractivity contribution in [3.05, 3.63) is 29.0 Å². The summed E-state index contributed by atoms with van der Waals surface area (Å²) in [5, 5.41) is 0. The normalized spacial score (nSPS) is 15.2. The Hall–Kier alpha value is -1.03. The van der Waals surface area contributed by atoms with Crippen LogP contribution in [0.3, 0.4) is 0 Å². The zero-order valence-corrected chi connectivity index (χ0v) is 8.84. The number of aromatic nitrogens is 1. The van der Waals surface area contributed by atoms with Crippen LogP contribution < -0.4 is 9.64 Å². The fourth-order valence-corrected chi connectivity index (χ4v) is 1.49. The van der Waals surface area contributed by atoms with E-state index in [0.717, 1.165) is 21.7 Å². The lowest BCUT2D eigenvalue weighted by atomic mass is 10.3. The second-order valence-electron chi connectivity index (χ2n) is 2.89. The van der Waals surface area contributed by atoms with Crippen LogP contribution >= 0.6 is 15.9 Å². The van der Waals surface area contributed by atoms with Crippen LogP contribution in [0, 0.1) is 0 Å². The summed E-state index contributed by atoms with van der Waals surface area (Å²) < 4.78 is 6.38. The van der Waals surface area contributed by atoms with E-state index in [-0.39, 0.29) is 0 Å². The van der Waals surface area contributed by atoms with E-state index in [9.17, 15) is 0 Å². The predicted molar refractivity (Wildman–Crippen MR) is 55.0 cm³/mol. The van der Waals surface area contributed by atoms with Crippen molar-refractivity contribution in [2.24, 2.45) is 0 Å². The average molecular weight is 241 g/mol. The van der Waals surface area contributed by atoms with E-state index in [2.05, 4.69) is 27.5 Å². The van der Waals surface area contributed by atoms with Gasteiger partial charge in [-0.15, -0.1) is 0 Å². The molecule has 2 rings (SSSR count). The van der Waals surface area contributed by atoms with Crippen molar-refractivity contribution in [3.63, 3.8) is 0 Å². The maximum absolute atomic E-state index is 5.45. The summed E-state index contributed by atoms with van der Waals surface area (Å²) in [5.74, 6) is 1.61. The third-order valence-electron chi connectivity index (χ3n) is 1.99. The summed E-state index contributed by atoms with van der Waals surface area (Å²) in [4.78, 5) is 6.18. The lowest BCUT2D eigenvalue weighted by molar-refractivity contribution is 0.336. The molecule has 0 N–H and O–H groups in total. The number of rotatable bonds is 0. The number of halogens is 1. The maximum atomic E-state index is 5.45. The van der Waals surface area contributed by atoms with Gasteiger partial charge in [0.1, 0.15) is 6.61 Å². The summed E-state index contributed by atoms with van der Waals surface area (Å²) in [7, 11) is 1.94. The Balaban J connectivity index is 2.49. The third kappa shape index (κ3) is 1.42. The molecule has 68 valence electrons. The molecule has 0 unspecified atom stereocenters. The number of pyridine rings is 1. The molecule has 0 radical (unpaired) electrons. The van der Waals surface area contributed by atoms with Gasteiger partial charge in [-0.3, -0.25) is 0 Å². The molecule has 0 amide bonds. The van der Waals surface area contributed by atoms with Gasteiger partial charge in [0, 0.05) is 23.4 Å². The van der Waals surface area contributed by atoms with Crippen LogP contribution in [0.15, 0.2) is 29.0 Å². The minimum absolute atomic E-state index is 0.529. The smallest absolute Gasteiger partial charge is 0.175 e. The lowest BCUT2D eigenvalue weighted by Gasteiger charge is -2.28. The quantitative estimate of drug-likeness (QED) is 0.696. The predicted octanol–water partition coefficient (Wildman–Crippen LogP) is 2.19. The van der Waals surface area contributed by atoms with Gasteiger partial charge in [0.05, 0.1) is 0 Å². The number of anilines is 1. The van der Waals surface area contributed by atoms with E-state index in [1.807, 2.05) is 18.0 Å². The van der Waals surface area contributed by atoms with E-state index >= 15 is 0 Å². The van der Waals surface area contributed by atoms with E-state index in [1.54, 1.807) is 6.20 Å². The Morgan fingerprint density at radius 1 is 1.69 bits per heavy atom. The van der Waals surface area contributed by atoms with E-state index in [0.29, 0.717) is 6.61 Å². The van der Waals surface area contributed by atoms with Gasteiger partial charge >= 0.3 is 0 Å². The molecule has 0 bridgehead atoms. The lowest BCUT2D eigenvalue weighted by Crippen LogP contribution is -2.26. The van der Waals surface area contributed by atoms with Gasteiger partial charge in [0.15, 0.2) is 11.6 Å². The molecule has 2 heterocycles. The van der Waals surface area contributed by atoms with Gasteiger partial charge in [-0.25, -0.2) is 4.98 Å². The molecular weight excluding hydrogens is 232 g/mol. The largest absolute Gasteiger partial charge is 0.483 e. The molecule has 0 atom stereocenters. The van der Waals surface area contributed by atoms with Crippen LogP contribution in [-0.4, -0.2) is 18.6 Å². The van der Waals surface area contributed by atoms with Crippen LogP contribution in [-0.2, 0) is 0 Å². The highest BCUT2D eigenvalue weighted by Crippen LogP contribution is 2.33. The molecule has 4 heteroatoms. The van der Waals surface area contributed by atoms with Crippen molar-refractivity contribution < 1.29 is 4.74 Å². The number of ether oxygens (including phenoxy) is 1. The summed E-state index contributed by atoms with van der Waals surface area (Å²) in [6.07, 6.45) is 1.75. The number of fused-ring (bicyclic) bond motifs is 1. The van der Waals surface area contributed by atoms with E-state index in [4.69, 9.17) is 4.74 Å². The van der Waals surface area contributed by atoms with Crippen molar-refractivity contribution in [2.45, 2.75) is 0 Å². The Morgan fingerprint density at radius 3 is 3.23 bits per heavy atom. The summed E-state index contributed by atoms with van der Waals surface area (Å²) in [5.41, 5.74) is 0.919. The van der Waals surface area contributed by atoms with Crippen LogP contribution in [0.1, 0.15) is 0 Å². The van der Waals surface area contributed by atoms with Crippen molar-refractivity contribution >= 4 is 21.7 Å². The molecule has 1 aliphatic heterocycles. The highest BCUT2D eigenvalue weighted by Gasteiger charge is 2.19. The number of hydrogen-bond acceptors (Lipinski definition) is 3. The molecule has 1 aliphatic rings. The molecule has 3 nitrogen and oxygen atoms in total. The Bertz CT molecular complexity index is 365. The molecule has 0 saturated carbocycles. The maximum Gasteiger partial charge on any atom is 0.175 e. The fraction of sp³-hybridized carbons (Fsp3) is 0.222. The summed E-state index contributed by atoms with van der Waals surface area (Å²) >= 11 is 3.34. The first-order valence-electron chi connectivity index (χ1n) is 3.88. The Labute approximate surface area is 85.2 Å². The summed E-state index contributed by atoms with van der Waals surface area (Å²) in [6.45, 7) is 4.40. The molecule has 0 aromatic carbocycles. The SMILES string of the molecule is C=C1COc2cc(Br)cnc2N1C. The van der Waals surface area contributed by atoms with Crippen LogP contribution in [0.25, 0.3) is 0 Å². The van der Waals surface area contributed by atoms with Gasteiger partial charge in [-0.2, -0.15) is 0 Å². The van der Waals surface area contributed by atoms with Gasteiger partial charge in [0.2, 0.25) is 0 Å². The second-order valence-corrected chi connectivity index (χ2v) is 3.80. The van der Waals surface area contributed by atoms with Crippen molar-refractivity contribution in [1.29, 1.82) is 0 Å². The molecule has 1 aromatic rings. The van der Waals surface area contributed by atoms with E-state index in [1.165, 1.54) is 0 Å². The highest BCUT2D eigenvalue weighted by atomic mass is 79.9. The van der Waals surface area contributed by atoms with Crippen LogP contribution in [0.4, 0.5) is 5.82 Å². The molecule has 0 fully saturated rings. The standard InChI is InChI=1S/C9H9BrN2O/c1-6-5-13-8-3-7(10)4-11-9(8)12(6)2/h3-4H,1,5H2,2H3. The van der Waals surface area contributed by atoms with Gasteiger partial charge in [0.25, 0.3) is 0 Å². The minimum atomic E-state index is 0.529. The highest BCUT2D eigenvalue weighted by molar-refractivity contribution is 9.10. The molecular formula is C9H9BrN2O. The number of likely N-dealkylation sites (N-methyl/N-ethyl adjacent to an activating group) is 1. The van der Waals surface area contributed by atoms with Gasteiger partial charge in [-0.05, 0) is 22.0 Å². The van der Waals surface area contributed by atoms with Crippen molar-refractivity contribution in [2.75, 3.05) is 18.6 Å². The van der Waals surface area contributed by atoms with E-state index < -0.39 is 0 Å².